The molecule has 34 heavy (non-hydrogen) atoms. The lowest BCUT2D eigenvalue weighted by molar-refractivity contribution is 0.290. The summed E-state index contributed by atoms with van der Waals surface area (Å²) < 4.78 is 41.9. The number of phenols is 1. The van der Waals surface area contributed by atoms with Crippen LogP contribution in [0.4, 0.5) is 14.6 Å². The second-order valence-electron chi connectivity index (χ2n) is 7.87. The van der Waals surface area contributed by atoms with Gasteiger partial charge in [-0.2, -0.15) is 9.97 Å². The van der Waals surface area contributed by atoms with Crippen molar-refractivity contribution < 1.29 is 28.5 Å². The van der Waals surface area contributed by atoms with Gasteiger partial charge in [0.2, 0.25) is 5.88 Å². The number of aliphatic hydroxyl groups is 1. The van der Waals surface area contributed by atoms with Crippen LogP contribution in [0, 0.1) is 11.6 Å². The minimum absolute atomic E-state index is 0.0598. The third-order valence-corrected chi connectivity index (χ3v) is 5.93. The number of hydrogen-bond donors (Lipinski definition) is 2. The molecule has 3 heterocycles. The Morgan fingerprint density at radius 3 is 2.71 bits per heavy atom. The lowest BCUT2D eigenvalue weighted by Gasteiger charge is -2.21. The van der Waals surface area contributed by atoms with Gasteiger partial charge in [0.15, 0.2) is 5.82 Å². The molecule has 0 saturated carbocycles. The molecule has 2 aromatic heterocycles. The van der Waals surface area contributed by atoms with Crippen molar-refractivity contribution in [1.82, 2.24) is 15.0 Å². The minimum atomic E-state index is -0.784. The molecule has 0 saturated heterocycles. The zero-order valence-corrected chi connectivity index (χ0v) is 18.6. The third-order valence-electron chi connectivity index (χ3n) is 5.93. The predicted octanol–water partition coefficient (Wildman–Crippen LogP) is 3.59. The fraction of sp³-hybridized carbons (Fsp3) is 0.292. The number of anilines is 1. The average molecular weight is 468 g/mol. The summed E-state index contributed by atoms with van der Waals surface area (Å²) in [4.78, 5) is 14.8. The van der Waals surface area contributed by atoms with E-state index in [1.807, 2.05) is 0 Å². The number of nitrogens with zero attached hydrogens (tertiary/aromatic N) is 4. The Balaban J connectivity index is 1.89. The van der Waals surface area contributed by atoms with Gasteiger partial charge in [-0.15, -0.1) is 0 Å². The van der Waals surface area contributed by atoms with Gasteiger partial charge < -0.3 is 24.6 Å². The van der Waals surface area contributed by atoms with E-state index in [4.69, 9.17) is 9.47 Å². The van der Waals surface area contributed by atoms with Crippen molar-refractivity contribution in [3.05, 3.63) is 41.5 Å². The summed E-state index contributed by atoms with van der Waals surface area (Å²) in [6.45, 7) is 2.50. The van der Waals surface area contributed by atoms with Crippen LogP contribution in [0.15, 0.2) is 24.3 Å². The van der Waals surface area contributed by atoms with E-state index in [2.05, 4.69) is 15.0 Å². The molecule has 5 rings (SSSR count). The molecule has 0 radical (unpaired) electrons. The highest BCUT2D eigenvalue weighted by atomic mass is 19.1. The molecule has 8 nitrogen and oxygen atoms in total. The van der Waals surface area contributed by atoms with Gasteiger partial charge in [0, 0.05) is 12.1 Å². The van der Waals surface area contributed by atoms with Crippen molar-refractivity contribution >= 4 is 27.5 Å². The fourth-order valence-electron chi connectivity index (χ4n) is 4.44. The molecule has 1 aliphatic heterocycles. The van der Waals surface area contributed by atoms with Crippen LogP contribution in [-0.4, -0.2) is 58.6 Å². The van der Waals surface area contributed by atoms with Gasteiger partial charge in [-0.05, 0) is 41.0 Å². The number of methoxy groups -OCH3 is 1. The standard InChI is InChI=1S/C24H22F2N4O4/c1-3-14-16(25)5-4-12-10-13(32)11-15(17(12)14)20-19(26)21-18-22(29-24(28-21)33-2)30(6-8-31)7-9-34-23(18)27-20/h4-5,10-11,31-32H,3,6-9H2,1-2H3. The van der Waals surface area contributed by atoms with E-state index in [-0.39, 0.29) is 59.6 Å². The Kier molecular flexibility index (Phi) is 5.52. The molecule has 1 aliphatic rings. The van der Waals surface area contributed by atoms with Gasteiger partial charge in [-0.1, -0.05) is 13.0 Å². The summed E-state index contributed by atoms with van der Waals surface area (Å²) in [6, 6.07) is 5.66. The van der Waals surface area contributed by atoms with E-state index in [0.717, 1.165) is 0 Å². The smallest absolute Gasteiger partial charge is 0.318 e. The zero-order valence-electron chi connectivity index (χ0n) is 18.6. The Morgan fingerprint density at radius 1 is 1.15 bits per heavy atom. The zero-order chi connectivity index (χ0) is 24.0. The molecule has 0 spiro atoms. The van der Waals surface area contributed by atoms with Crippen LogP contribution in [0.3, 0.4) is 0 Å². The van der Waals surface area contributed by atoms with Crippen molar-refractivity contribution in [1.29, 1.82) is 0 Å². The minimum Gasteiger partial charge on any atom is -0.508 e. The van der Waals surface area contributed by atoms with Crippen molar-refractivity contribution in [3.8, 4) is 28.9 Å². The molecule has 0 atom stereocenters. The van der Waals surface area contributed by atoms with Crippen LogP contribution in [0.1, 0.15) is 12.5 Å². The summed E-state index contributed by atoms with van der Waals surface area (Å²) >= 11 is 0. The second-order valence-corrected chi connectivity index (χ2v) is 7.87. The van der Waals surface area contributed by atoms with E-state index in [9.17, 15) is 14.6 Å². The molecule has 0 bridgehead atoms. The summed E-state index contributed by atoms with van der Waals surface area (Å²) in [5.41, 5.74) is 0.389. The Labute approximate surface area is 193 Å². The van der Waals surface area contributed by atoms with Gasteiger partial charge in [-0.3, -0.25) is 0 Å². The number of aryl methyl sites for hydroxylation is 1. The highest BCUT2D eigenvalue weighted by molar-refractivity contribution is 6.03. The molecule has 0 aliphatic carbocycles. The topological polar surface area (TPSA) is 101 Å². The molecule has 0 amide bonds. The van der Waals surface area contributed by atoms with Crippen molar-refractivity contribution in [2.75, 3.05) is 38.3 Å². The molecular formula is C24H22F2N4O4. The maximum absolute atomic E-state index is 16.1. The van der Waals surface area contributed by atoms with E-state index >= 15 is 4.39 Å². The van der Waals surface area contributed by atoms with Gasteiger partial charge in [0.25, 0.3) is 0 Å². The lowest BCUT2D eigenvalue weighted by Crippen LogP contribution is -2.30. The Hall–Kier alpha value is -3.79. The van der Waals surface area contributed by atoms with E-state index < -0.39 is 11.6 Å². The van der Waals surface area contributed by atoms with E-state index in [1.165, 1.54) is 31.4 Å². The number of ether oxygens (including phenoxy) is 2. The first-order valence-corrected chi connectivity index (χ1v) is 10.8. The number of phenolic OH excluding ortho intramolecular Hbond substituents is 1. The third kappa shape index (κ3) is 3.41. The summed E-state index contributed by atoms with van der Waals surface area (Å²) in [7, 11) is 1.37. The first kappa shape index (κ1) is 22.0. The van der Waals surface area contributed by atoms with Crippen LogP contribution in [0.25, 0.3) is 32.9 Å². The molecule has 0 fully saturated rings. The van der Waals surface area contributed by atoms with Gasteiger partial charge in [0.1, 0.15) is 40.6 Å². The number of halogens is 2. The molecule has 176 valence electrons. The largest absolute Gasteiger partial charge is 0.508 e. The van der Waals surface area contributed by atoms with Crippen LogP contribution < -0.4 is 14.4 Å². The molecule has 2 aromatic carbocycles. The Bertz CT molecular complexity index is 1430. The molecule has 2 N–H and O–H groups in total. The monoisotopic (exact) mass is 468 g/mol. The number of aromatic hydroxyl groups is 1. The van der Waals surface area contributed by atoms with Crippen LogP contribution in [0.5, 0.6) is 17.6 Å². The van der Waals surface area contributed by atoms with E-state index in [0.29, 0.717) is 35.1 Å². The number of benzene rings is 2. The summed E-state index contributed by atoms with van der Waals surface area (Å²) in [6.07, 6.45) is 0.357. The van der Waals surface area contributed by atoms with E-state index in [1.54, 1.807) is 11.8 Å². The van der Waals surface area contributed by atoms with Crippen LogP contribution in [-0.2, 0) is 6.42 Å². The SMILES string of the molecule is CCc1c(F)ccc2cc(O)cc(-c3nc4c5c(nc(OC)nc5c3F)N(CCO)CCO4)c12. The van der Waals surface area contributed by atoms with Crippen molar-refractivity contribution in [2.45, 2.75) is 13.3 Å². The quantitative estimate of drug-likeness (QED) is 0.458. The van der Waals surface area contributed by atoms with Gasteiger partial charge in [0.05, 0.1) is 20.3 Å². The number of rotatable bonds is 5. The van der Waals surface area contributed by atoms with Gasteiger partial charge in [-0.25, -0.2) is 13.8 Å². The fourth-order valence-corrected chi connectivity index (χ4v) is 4.44. The number of aliphatic hydroxyl groups excluding tert-OH is 1. The first-order chi connectivity index (χ1) is 16.5. The maximum Gasteiger partial charge on any atom is 0.318 e. The van der Waals surface area contributed by atoms with Gasteiger partial charge >= 0.3 is 6.01 Å². The number of β-amino-alcohol motifs (C(OH)–C–C–N with tert-alkyl or cyclic N) is 1. The normalized spacial score (nSPS) is 13.3. The number of hydrogen-bond acceptors (Lipinski definition) is 8. The van der Waals surface area contributed by atoms with Crippen molar-refractivity contribution in [3.63, 3.8) is 0 Å². The highest BCUT2D eigenvalue weighted by Crippen LogP contribution is 2.42. The van der Waals surface area contributed by atoms with Crippen molar-refractivity contribution in [2.24, 2.45) is 0 Å². The number of pyridine rings is 1. The molecule has 4 aromatic rings. The Morgan fingerprint density at radius 2 is 1.97 bits per heavy atom. The second kappa shape index (κ2) is 8.53. The van der Waals surface area contributed by atoms with Crippen LogP contribution >= 0.6 is 0 Å². The number of fused-ring (bicyclic) bond motifs is 1. The average Bonchev–Trinajstić information content (AvgIpc) is 3.00. The summed E-state index contributed by atoms with van der Waals surface area (Å²) in [5, 5.41) is 21.1. The number of aromatic nitrogens is 3. The molecule has 10 heteroatoms. The molecular weight excluding hydrogens is 446 g/mol. The predicted molar refractivity (Wildman–Crippen MR) is 123 cm³/mol. The lowest BCUT2D eigenvalue weighted by atomic mass is 9.94. The maximum atomic E-state index is 16.1. The first-order valence-electron chi connectivity index (χ1n) is 10.8. The molecule has 0 unspecified atom stereocenters. The summed E-state index contributed by atoms with van der Waals surface area (Å²) in [5.74, 6) is -0.881. The highest BCUT2D eigenvalue weighted by Gasteiger charge is 2.28. The van der Waals surface area contributed by atoms with Crippen LogP contribution in [0.2, 0.25) is 0 Å².